The second kappa shape index (κ2) is 8.90. The number of rotatable bonds is 5. The summed E-state index contributed by atoms with van der Waals surface area (Å²) < 4.78 is 11.1. The van der Waals surface area contributed by atoms with Crippen molar-refractivity contribution in [3.63, 3.8) is 0 Å². The standard InChI is InChI=1S/C25H31NO4/c1-17-21(15-16-22(17)27)23(18-9-7-6-8-10-18)26(24(28)30-25(2,3)4)19-11-13-20(29-5)14-12-19/h6-14,17,21,23H,15-16H2,1-5H3/t17-,21+,23-/m1/s1. The van der Waals surface area contributed by atoms with Crippen molar-refractivity contribution in [3.8, 4) is 5.75 Å². The van der Waals surface area contributed by atoms with Gasteiger partial charge in [-0.3, -0.25) is 9.69 Å². The van der Waals surface area contributed by atoms with Gasteiger partial charge in [-0.25, -0.2) is 4.79 Å². The predicted octanol–water partition coefficient (Wildman–Crippen LogP) is 5.79. The Bertz CT molecular complexity index is 870. The van der Waals surface area contributed by atoms with Crippen LogP contribution in [0.25, 0.3) is 0 Å². The quantitative estimate of drug-likeness (QED) is 0.627. The van der Waals surface area contributed by atoms with Crippen LogP contribution in [0.15, 0.2) is 54.6 Å². The molecule has 0 aliphatic heterocycles. The molecule has 5 nitrogen and oxygen atoms in total. The van der Waals surface area contributed by atoms with Gasteiger partial charge in [0, 0.05) is 18.0 Å². The maximum Gasteiger partial charge on any atom is 0.415 e. The van der Waals surface area contributed by atoms with E-state index in [1.165, 1.54) is 0 Å². The van der Waals surface area contributed by atoms with Crippen LogP contribution in [-0.4, -0.2) is 24.6 Å². The number of ketones is 1. The van der Waals surface area contributed by atoms with Crippen LogP contribution in [0.1, 0.15) is 52.1 Å². The molecule has 0 unspecified atom stereocenters. The van der Waals surface area contributed by atoms with Crippen molar-refractivity contribution in [2.75, 3.05) is 12.0 Å². The molecule has 1 amide bonds. The minimum atomic E-state index is -0.639. The van der Waals surface area contributed by atoms with E-state index in [1.807, 2.05) is 82.3 Å². The number of Topliss-reactive ketones (excluding diaryl/α,β-unsaturated/α-hetero) is 1. The van der Waals surface area contributed by atoms with E-state index in [0.717, 1.165) is 12.0 Å². The summed E-state index contributed by atoms with van der Waals surface area (Å²) in [4.78, 5) is 27.6. The first-order chi connectivity index (χ1) is 14.2. The highest BCUT2D eigenvalue weighted by Gasteiger charge is 2.43. The molecule has 1 aliphatic carbocycles. The number of anilines is 1. The van der Waals surface area contributed by atoms with E-state index in [0.29, 0.717) is 17.9 Å². The van der Waals surface area contributed by atoms with Crippen LogP contribution in [0, 0.1) is 11.8 Å². The Kier molecular flexibility index (Phi) is 6.49. The third-order valence-electron chi connectivity index (χ3n) is 5.64. The Labute approximate surface area is 179 Å². The molecule has 0 radical (unpaired) electrons. The van der Waals surface area contributed by atoms with Gasteiger partial charge in [0.15, 0.2) is 0 Å². The molecule has 1 saturated carbocycles. The minimum Gasteiger partial charge on any atom is -0.497 e. The first-order valence-corrected chi connectivity index (χ1v) is 10.4. The van der Waals surface area contributed by atoms with Crippen molar-refractivity contribution >= 4 is 17.6 Å². The Morgan fingerprint density at radius 1 is 1.07 bits per heavy atom. The van der Waals surface area contributed by atoms with Crippen molar-refractivity contribution in [1.82, 2.24) is 0 Å². The van der Waals surface area contributed by atoms with Crippen molar-refractivity contribution in [1.29, 1.82) is 0 Å². The molecule has 5 heteroatoms. The molecule has 1 fully saturated rings. The van der Waals surface area contributed by atoms with Crippen LogP contribution in [0.2, 0.25) is 0 Å². The smallest absolute Gasteiger partial charge is 0.415 e. The van der Waals surface area contributed by atoms with Crippen LogP contribution >= 0.6 is 0 Å². The lowest BCUT2D eigenvalue weighted by atomic mass is 9.84. The van der Waals surface area contributed by atoms with Gasteiger partial charge in [-0.2, -0.15) is 0 Å². The highest BCUT2D eigenvalue weighted by Crippen LogP contribution is 2.44. The predicted molar refractivity (Wildman–Crippen MR) is 118 cm³/mol. The zero-order valence-electron chi connectivity index (χ0n) is 18.4. The summed E-state index contributed by atoms with van der Waals surface area (Å²) in [6.07, 6.45) is 0.864. The fraction of sp³-hybridized carbons (Fsp3) is 0.440. The lowest BCUT2D eigenvalue weighted by molar-refractivity contribution is -0.120. The number of carbonyl (C=O) groups excluding carboxylic acids is 2. The number of hydrogen-bond donors (Lipinski definition) is 0. The largest absolute Gasteiger partial charge is 0.497 e. The molecule has 2 aromatic rings. The summed E-state index contributed by atoms with van der Waals surface area (Å²) in [6.45, 7) is 7.54. The summed E-state index contributed by atoms with van der Waals surface area (Å²) >= 11 is 0. The second-order valence-corrected chi connectivity index (χ2v) is 8.86. The summed E-state index contributed by atoms with van der Waals surface area (Å²) in [6, 6.07) is 17.0. The van der Waals surface area contributed by atoms with Gasteiger partial charge in [-0.15, -0.1) is 0 Å². The molecule has 2 aromatic carbocycles. The van der Waals surface area contributed by atoms with Crippen molar-refractivity contribution in [3.05, 3.63) is 60.2 Å². The zero-order valence-corrected chi connectivity index (χ0v) is 18.4. The lowest BCUT2D eigenvalue weighted by Gasteiger charge is -2.38. The molecular weight excluding hydrogens is 378 g/mol. The topological polar surface area (TPSA) is 55.8 Å². The van der Waals surface area contributed by atoms with E-state index in [9.17, 15) is 9.59 Å². The normalized spacial score (nSPS) is 20.0. The maximum absolute atomic E-state index is 13.5. The SMILES string of the molecule is COc1ccc(N(C(=O)OC(C)(C)C)[C@H](c2ccccc2)[C@H]2CCC(=O)[C@@H]2C)cc1. The molecule has 0 spiro atoms. The van der Waals surface area contributed by atoms with Gasteiger partial charge in [-0.05, 0) is 62.9 Å². The summed E-state index contributed by atoms with van der Waals surface area (Å²) in [5.41, 5.74) is 1.07. The second-order valence-electron chi connectivity index (χ2n) is 8.86. The highest BCUT2D eigenvalue weighted by atomic mass is 16.6. The van der Waals surface area contributed by atoms with Crippen LogP contribution in [-0.2, 0) is 9.53 Å². The summed E-state index contributed by atoms with van der Waals surface area (Å²) in [5.74, 6) is 0.844. The average Bonchev–Trinajstić information content (AvgIpc) is 3.04. The van der Waals surface area contributed by atoms with Gasteiger partial charge < -0.3 is 9.47 Å². The van der Waals surface area contributed by atoms with Crippen molar-refractivity contribution in [2.24, 2.45) is 11.8 Å². The highest BCUT2D eigenvalue weighted by molar-refractivity contribution is 5.90. The molecule has 3 atom stereocenters. The van der Waals surface area contributed by atoms with Gasteiger partial charge in [-0.1, -0.05) is 37.3 Å². The van der Waals surface area contributed by atoms with E-state index in [1.54, 1.807) is 12.0 Å². The first-order valence-electron chi connectivity index (χ1n) is 10.4. The molecule has 0 saturated heterocycles. The number of benzene rings is 2. The number of amides is 1. The Balaban J connectivity index is 2.12. The van der Waals surface area contributed by atoms with Gasteiger partial charge >= 0.3 is 6.09 Å². The molecule has 0 aromatic heterocycles. The number of carbonyl (C=O) groups is 2. The number of methoxy groups -OCH3 is 1. The third-order valence-corrected chi connectivity index (χ3v) is 5.64. The monoisotopic (exact) mass is 409 g/mol. The molecule has 1 aliphatic rings. The molecule has 0 bridgehead atoms. The van der Waals surface area contributed by atoms with E-state index >= 15 is 0 Å². The van der Waals surface area contributed by atoms with E-state index in [2.05, 4.69) is 0 Å². The molecule has 3 rings (SSSR count). The average molecular weight is 410 g/mol. The van der Waals surface area contributed by atoms with Crippen LogP contribution in [0.4, 0.5) is 10.5 Å². The van der Waals surface area contributed by atoms with Gasteiger partial charge in [0.1, 0.15) is 17.1 Å². The Morgan fingerprint density at radius 2 is 1.70 bits per heavy atom. The van der Waals surface area contributed by atoms with Gasteiger partial charge in [0.05, 0.1) is 13.2 Å². The first kappa shape index (κ1) is 21.9. The summed E-state index contributed by atoms with van der Waals surface area (Å²) in [7, 11) is 1.61. The summed E-state index contributed by atoms with van der Waals surface area (Å²) in [5, 5.41) is 0. The minimum absolute atomic E-state index is 0.00881. The number of ether oxygens (including phenoxy) is 2. The molecule has 0 heterocycles. The Morgan fingerprint density at radius 3 is 2.20 bits per heavy atom. The van der Waals surface area contributed by atoms with Crippen LogP contribution in [0.3, 0.4) is 0 Å². The molecular formula is C25H31NO4. The van der Waals surface area contributed by atoms with Crippen LogP contribution < -0.4 is 9.64 Å². The molecule has 160 valence electrons. The fourth-order valence-electron chi connectivity index (χ4n) is 4.13. The Hall–Kier alpha value is -2.82. The van der Waals surface area contributed by atoms with E-state index < -0.39 is 11.7 Å². The fourth-order valence-corrected chi connectivity index (χ4v) is 4.13. The van der Waals surface area contributed by atoms with E-state index in [-0.39, 0.29) is 23.7 Å². The van der Waals surface area contributed by atoms with Crippen molar-refractivity contribution < 1.29 is 19.1 Å². The maximum atomic E-state index is 13.5. The third kappa shape index (κ3) is 4.84. The lowest BCUT2D eigenvalue weighted by Crippen LogP contribution is -2.43. The molecule has 0 N–H and O–H groups in total. The van der Waals surface area contributed by atoms with Crippen LogP contribution in [0.5, 0.6) is 5.75 Å². The van der Waals surface area contributed by atoms with E-state index in [4.69, 9.17) is 9.47 Å². The number of nitrogens with zero attached hydrogens (tertiary/aromatic N) is 1. The van der Waals surface area contributed by atoms with Gasteiger partial charge in [0.25, 0.3) is 0 Å². The molecule has 30 heavy (non-hydrogen) atoms. The number of hydrogen-bond acceptors (Lipinski definition) is 4. The van der Waals surface area contributed by atoms with Gasteiger partial charge in [0.2, 0.25) is 0 Å². The van der Waals surface area contributed by atoms with Crippen molar-refractivity contribution in [2.45, 2.75) is 52.2 Å². The zero-order chi connectivity index (χ0) is 21.9.